The number of aromatic nitrogens is 1. The van der Waals surface area contributed by atoms with Crippen molar-refractivity contribution in [3.05, 3.63) is 53.7 Å². The number of hydrogen-bond donors (Lipinski definition) is 4. The molecule has 1 aromatic heterocycles. The fourth-order valence-corrected chi connectivity index (χ4v) is 2.72. The first-order valence-corrected chi connectivity index (χ1v) is 6.78. The first kappa shape index (κ1) is 12.5. The second-order valence-corrected chi connectivity index (χ2v) is 5.22. The highest BCUT2D eigenvalue weighted by molar-refractivity contribution is 6.35. The van der Waals surface area contributed by atoms with Crippen LogP contribution >= 0.6 is 0 Å². The number of aromatic amines is 1. The maximum absolute atomic E-state index is 12.2. The highest BCUT2D eigenvalue weighted by atomic mass is 16.3. The summed E-state index contributed by atoms with van der Waals surface area (Å²) in [5, 5.41) is 22.9. The molecule has 0 atom stereocenters. The number of phenols is 2. The first-order valence-electron chi connectivity index (χ1n) is 6.78. The molecular formula is C17H12N2O3. The van der Waals surface area contributed by atoms with E-state index in [9.17, 15) is 15.0 Å². The Morgan fingerprint density at radius 1 is 1.00 bits per heavy atom. The summed E-state index contributed by atoms with van der Waals surface area (Å²) in [4.78, 5) is 15.3. The van der Waals surface area contributed by atoms with Crippen LogP contribution in [0.2, 0.25) is 0 Å². The molecule has 1 amide bonds. The SMILES string of the molecule is O=C1Nc2ccc(O)cc2C1=Cc1c[nH]c2ccc(O)cc12. The summed E-state index contributed by atoms with van der Waals surface area (Å²) in [7, 11) is 0. The van der Waals surface area contributed by atoms with E-state index >= 15 is 0 Å². The zero-order chi connectivity index (χ0) is 15.3. The second-order valence-electron chi connectivity index (χ2n) is 5.22. The normalized spacial score (nSPS) is 15.3. The summed E-state index contributed by atoms with van der Waals surface area (Å²) >= 11 is 0. The average Bonchev–Trinajstić information content (AvgIpc) is 3.02. The van der Waals surface area contributed by atoms with Gasteiger partial charge in [-0.05, 0) is 42.5 Å². The maximum Gasteiger partial charge on any atom is 0.256 e. The summed E-state index contributed by atoms with van der Waals surface area (Å²) < 4.78 is 0. The van der Waals surface area contributed by atoms with Crippen molar-refractivity contribution < 1.29 is 15.0 Å². The maximum atomic E-state index is 12.2. The third-order valence-electron chi connectivity index (χ3n) is 3.78. The number of rotatable bonds is 1. The lowest BCUT2D eigenvalue weighted by Crippen LogP contribution is -2.03. The van der Waals surface area contributed by atoms with E-state index in [1.807, 2.05) is 0 Å². The third kappa shape index (κ3) is 1.83. The summed E-state index contributed by atoms with van der Waals surface area (Å²) in [6.07, 6.45) is 3.53. The highest BCUT2D eigenvalue weighted by Gasteiger charge is 2.24. The number of carbonyl (C=O) groups is 1. The summed E-state index contributed by atoms with van der Waals surface area (Å²) in [6, 6.07) is 9.79. The van der Waals surface area contributed by atoms with Crippen molar-refractivity contribution in [1.29, 1.82) is 0 Å². The Bertz CT molecular complexity index is 954. The van der Waals surface area contributed by atoms with E-state index in [1.54, 1.807) is 42.6 Å². The number of H-pyrrole nitrogens is 1. The summed E-state index contributed by atoms with van der Waals surface area (Å²) in [5.74, 6) is 0.0634. The van der Waals surface area contributed by atoms with Crippen molar-refractivity contribution in [2.45, 2.75) is 0 Å². The molecule has 0 spiro atoms. The molecule has 0 aliphatic carbocycles. The van der Waals surface area contributed by atoms with Crippen LogP contribution in [0, 0.1) is 0 Å². The van der Waals surface area contributed by atoms with E-state index in [4.69, 9.17) is 0 Å². The zero-order valence-corrected chi connectivity index (χ0v) is 11.4. The van der Waals surface area contributed by atoms with Gasteiger partial charge in [0.2, 0.25) is 0 Å². The lowest BCUT2D eigenvalue weighted by Gasteiger charge is -1.99. The van der Waals surface area contributed by atoms with Gasteiger partial charge in [0.25, 0.3) is 5.91 Å². The van der Waals surface area contributed by atoms with E-state index in [0.717, 1.165) is 16.5 Å². The quantitative estimate of drug-likeness (QED) is 0.411. The topological polar surface area (TPSA) is 85.4 Å². The third-order valence-corrected chi connectivity index (χ3v) is 3.78. The van der Waals surface area contributed by atoms with Crippen LogP contribution in [0.5, 0.6) is 11.5 Å². The van der Waals surface area contributed by atoms with Crippen LogP contribution in [0.1, 0.15) is 11.1 Å². The van der Waals surface area contributed by atoms with Crippen LogP contribution in [-0.4, -0.2) is 21.1 Å². The molecule has 4 rings (SSSR count). The van der Waals surface area contributed by atoms with Gasteiger partial charge < -0.3 is 20.5 Å². The van der Waals surface area contributed by atoms with E-state index in [0.29, 0.717) is 16.8 Å². The van der Waals surface area contributed by atoms with Crippen molar-refractivity contribution >= 4 is 34.1 Å². The predicted octanol–water partition coefficient (Wildman–Crippen LogP) is 3.07. The van der Waals surface area contributed by atoms with Gasteiger partial charge >= 0.3 is 0 Å². The van der Waals surface area contributed by atoms with Gasteiger partial charge in [-0.2, -0.15) is 0 Å². The molecule has 5 heteroatoms. The van der Waals surface area contributed by atoms with Crippen LogP contribution < -0.4 is 5.32 Å². The fraction of sp³-hybridized carbons (Fsp3) is 0. The van der Waals surface area contributed by atoms with Gasteiger partial charge in [0.05, 0.1) is 0 Å². The van der Waals surface area contributed by atoms with E-state index in [2.05, 4.69) is 10.3 Å². The number of fused-ring (bicyclic) bond motifs is 2. The van der Waals surface area contributed by atoms with Gasteiger partial charge in [-0.1, -0.05) is 0 Å². The standard InChI is InChI=1S/C17H12N2O3/c20-10-1-3-15-12(6-10)9(8-18-15)5-14-13-7-11(21)2-4-16(13)19-17(14)22/h1-8,18,20-21H,(H,19,22). The van der Waals surface area contributed by atoms with E-state index in [1.165, 1.54) is 6.07 Å². The smallest absolute Gasteiger partial charge is 0.256 e. The molecule has 108 valence electrons. The molecule has 0 unspecified atom stereocenters. The van der Waals surface area contributed by atoms with Gasteiger partial charge in [-0.25, -0.2) is 0 Å². The van der Waals surface area contributed by atoms with E-state index in [-0.39, 0.29) is 17.4 Å². The van der Waals surface area contributed by atoms with Crippen molar-refractivity contribution in [3.8, 4) is 11.5 Å². The van der Waals surface area contributed by atoms with Gasteiger partial charge in [-0.3, -0.25) is 4.79 Å². The number of amides is 1. The number of hydrogen-bond acceptors (Lipinski definition) is 3. The minimum Gasteiger partial charge on any atom is -0.508 e. The van der Waals surface area contributed by atoms with Crippen LogP contribution in [0.3, 0.4) is 0 Å². The summed E-state index contributed by atoms with van der Waals surface area (Å²) in [5.41, 5.74) is 3.50. The molecule has 0 bridgehead atoms. The second kappa shape index (κ2) is 4.39. The zero-order valence-electron chi connectivity index (χ0n) is 11.4. The monoisotopic (exact) mass is 292 g/mol. The molecule has 1 aliphatic rings. The van der Waals surface area contributed by atoms with Gasteiger partial charge in [0.1, 0.15) is 11.5 Å². The molecule has 3 aromatic rings. The Balaban J connectivity index is 1.91. The highest BCUT2D eigenvalue weighted by Crippen LogP contribution is 2.36. The van der Waals surface area contributed by atoms with Gasteiger partial charge in [0.15, 0.2) is 0 Å². The number of carbonyl (C=O) groups excluding carboxylic acids is 1. The summed E-state index contributed by atoms with van der Waals surface area (Å²) in [6.45, 7) is 0. The van der Waals surface area contributed by atoms with Gasteiger partial charge in [-0.15, -0.1) is 0 Å². The van der Waals surface area contributed by atoms with Crippen LogP contribution in [-0.2, 0) is 4.79 Å². The van der Waals surface area contributed by atoms with Crippen molar-refractivity contribution in [1.82, 2.24) is 4.98 Å². The molecule has 4 N–H and O–H groups in total. The number of anilines is 1. The fourth-order valence-electron chi connectivity index (χ4n) is 2.72. The van der Waals surface area contributed by atoms with Crippen molar-refractivity contribution in [2.75, 3.05) is 5.32 Å². The Hall–Kier alpha value is -3.21. The van der Waals surface area contributed by atoms with Crippen LogP contribution in [0.25, 0.3) is 22.6 Å². The Kier molecular flexibility index (Phi) is 2.50. The van der Waals surface area contributed by atoms with Crippen LogP contribution in [0.4, 0.5) is 5.69 Å². The minimum absolute atomic E-state index is 0.109. The first-order chi connectivity index (χ1) is 10.6. The lowest BCUT2D eigenvalue weighted by molar-refractivity contribution is -0.110. The molecule has 22 heavy (non-hydrogen) atoms. The number of phenolic OH excluding ortho intramolecular Hbond substituents is 2. The average molecular weight is 292 g/mol. The molecule has 0 fully saturated rings. The molecule has 0 saturated carbocycles. The molecule has 5 nitrogen and oxygen atoms in total. The Morgan fingerprint density at radius 2 is 1.77 bits per heavy atom. The molecular weight excluding hydrogens is 280 g/mol. The number of aromatic hydroxyl groups is 2. The lowest BCUT2D eigenvalue weighted by atomic mass is 10.0. The van der Waals surface area contributed by atoms with Crippen molar-refractivity contribution in [2.24, 2.45) is 0 Å². The van der Waals surface area contributed by atoms with Gasteiger partial charge in [0, 0.05) is 39.5 Å². The predicted molar refractivity (Wildman–Crippen MR) is 84.6 cm³/mol. The largest absolute Gasteiger partial charge is 0.508 e. The van der Waals surface area contributed by atoms with Crippen molar-refractivity contribution in [3.63, 3.8) is 0 Å². The number of nitrogens with one attached hydrogen (secondary N) is 2. The van der Waals surface area contributed by atoms with Crippen LogP contribution in [0.15, 0.2) is 42.6 Å². The molecule has 0 saturated heterocycles. The Labute approximate surface area is 125 Å². The molecule has 2 aromatic carbocycles. The molecule has 2 heterocycles. The van der Waals surface area contributed by atoms with E-state index < -0.39 is 0 Å². The Morgan fingerprint density at radius 3 is 2.64 bits per heavy atom. The molecule has 1 aliphatic heterocycles. The molecule has 0 radical (unpaired) electrons. The number of benzene rings is 2. The minimum atomic E-state index is -0.213.